The number of para-hydroxylation sites is 1. The number of fused-ring (bicyclic) bond motifs is 1. The van der Waals surface area contributed by atoms with Gasteiger partial charge in [0.05, 0.1) is 12.2 Å². The van der Waals surface area contributed by atoms with E-state index in [1.54, 1.807) is 0 Å². The molecule has 2 heterocycles. The lowest BCUT2D eigenvalue weighted by Crippen LogP contribution is -2.38. The maximum atomic E-state index is 12.6. The van der Waals surface area contributed by atoms with E-state index in [1.165, 1.54) is 0 Å². The third-order valence-corrected chi connectivity index (χ3v) is 5.49. The number of carbonyl (C=O) groups is 1. The molecule has 1 aromatic heterocycles. The second kappa shape index (κ2) is 9.03. The molecule has 1 fully saturated rings. The van der Waals surface area contributed by atoms with Crippen molar-refractivity contribution in [3.63, 3.8) is 0 Å². The first-order valence-corrected chi connectivity index (χ1v) is 10.4. The SMILES string of the molecule is Cc1c(COc2cccc(OCCN3CCCCC3=O)c2)[nH]c2ccccc2c1=O. The van der Waals surface area contributed by atoms with Gasteiger partial charge < -0.3 is 19.4 Å². The van der Waals surface area contributed by atoms with Gasteiger partial charge in [-0.05, 0) is 44.0 Å². The normalized spacial score (nSPS) is 14.2. The standard InChI is InChI=1S/C24H26N2O4/c1-17-22(25-21-10-3-2-9-20(21)24(17)28)16-30-19-8-6-7-18(15-19)29-14-13-26-12-5-4-11-23(26)27/h2-3,6-10,15H,4-5,11-14,16H2,1H3,(H,25,28). The smallest absolute Gasteiger partial charge is 0.222 e. The average Bonchev–Trinajstić information content (AvgIpc) is 2.77. The molecule has 4 rings (SSSR count). The molecule has 6 nitrogen and oxygen atoms in total. The number of amides is 1. The zero-order chi connectivity index (χ0) is 20.9. The molecule has 0 spiro atoms. The molecular weight excluding hydrogens is 380 g/mol. The van der Waals surface area contributed by atoms with E-state index in [9.17, 15) is 9.59 Å². The number of aromatic nitrogens is 1. The predicted octanol–water partition coefficient (Wildman–Crippen LogP) is 3.81. The summed E-state index contributed by atoms with van der Waals surface area (Å²) in [6.07, 6.45) is 2.68. The Morgan fingerprint density at radius 3 is 2.63 bits per heavy atom. The van der Waals surface area contributed by atoms with Gasteiger partial charge >= 0.3 is 0 Å². The number of ether oxygens (including phenoxy) is 2. The Balaban J connectivity index is 1.38. The van der Waals surface area contributed by atoms with Crippen LogP contribution in [0.2, 0.25) is 0 Å². The fourth-order valence-corrected chi connectivity index (χ4v) is 3.71. The van der Waals surface area contributed by atoms with E-state index in [0.29, 0.717) is 42.0 Å². The third kappa shape index (κ3) is 4.48. The highest BCUT2D eigenvalue weighted by Gasteiger charge is 2.17. The molecule has 1 saturated heterocycles. The van der Waals surface area contributed by atoms with Gasteiger partial charge in [0.15, 0.2) is 5.43 Å². The third-order valence-electron chi connectivity index (χ3n) is 5.49. The Morgan fingerprint density at radius 2 is 1.80 bits per heavy atom. The Morgan fingerprint density at radius 1 is 1.00 bits per heavy atom. The highest BCUT2D eigenvalue weighted by Crippen LogP contribution is 2.21. The van der Waals surface area contributed by atoms with E-state index < -0.39 is 0 Å². The van der Waals surface area contributed by atoms with Crippen molar-refractivity contribution in [1.29, 1.82) is 0 Å². The van der Waals surface area contributed by atoms with Gasteiger partial charge in [0.2, 0.25) is 5.91 Å². The minimum absolute atomic E-state index is 0.0206. The zero-order valence-electron chi connectivity index (χ0n) is 17.1. The van der Waals surface area contributed by atoms with E-state index in [0.717, 1.165) is 30.6 Å². The van der Waals surface area contributed by atoms with Gasteiger partial charge in [-0.2, -0.15) is 0 Å². The lowest BCUT2D eigenvalue weighted by Gasteiger charge is -2.26. The molecular formula is C24H26N2O4. The summed E-state index contributed by atoms with van der Waals surface area (Å²) in [5, 5.41) is 0.682. The number of likely N-dealkylation sites (tertiary alicyclic amines) is 1. The second-order valence-electron chi connectivity index (χ2n) is 7.55. The number of carbonyl (C=O) groups excluding carboxylic acids is 1. The van der Waals surface area contributed by atoms with Crippen LogP contribution in [0.1, 0.15) is 30.5 Å². The minimum atomic E-state index is 0.0206. The number of piperidine rings is 1. The fourth-order valence-electron chi connectivity index (χ4n) is 3.71. The first-order chi connectivity index (χ1) is 14.6. The largest absolute Gasteiger partial charge is 0.492 e. The van der Waals surface area contributed by atoms with Crippen LogP contribution in [0.15, 0.2) is 53.3 Å². The van der Waals surface area contributed by atoms with Crippen LogP contribution in [0.25, 0.3) is 10.9 Å². The first kappa shape index (κ1) is 20.0. The number of nitrogens with zero attached hydrogens (tertiary/aromatic N) is 1. The van der Waals surface area contributed by atoms with Gasteiger partial charge in [-0.1, -0.05) is 18.2 Å². The molecule has 30 heavy (non-hydrogen) atoms. The molecule has 0 radical (unpaired) electrons. The van der Waals surface area contributed by atoms with Crippen LogP contribution in [-0.2, 0) is 11.4 Å². The second-order valence-corrected chi connectivity index (χ2v) is 7.55. The summed E-state index contributed by atoms with van der Waals surface area (Å²) in [5.41, 5.74) is 2.24. The van der Waals surface area contributed by atoms with E-state index in [-0.39, 0.29) is 17.9 Å². The number of benzene rings is 2. The van der Waals surface area contributed by atoms with Crippen molar-refractivity contribution < 1.29 is 14.3 Å². The van der Waals surface area contributed by atoms with Gasteiger partial charge in [-0.15, -0.1) is 0 Å². The molecule has 0 aliphatic carbocycles. The maximum absolute atomic E-state index is 12.6. The van der Waals surface area contributed by atoms with Gasteiger partial charge in [-0.3, -0.25) is 9.59 Å². The molecule has 0 unspecified atom stereocenters. The topological polar surface area (TPSA) is 71.6 Å². The predicted molar refractivity (Wildman–Crippen MR) is 116 cm³/mol. The van der Waals surface area contributed by atoms with Crippen LogP contribution in [0, 0.1) is 6.92 Å². The summed E-state index contributed by atoms with van der Waals surface area (Å²) < 4.78 is 11.7. The number of hydrogen-bond acceptors (Lipinski definition) is 4. The average molecular weight is 406 g/mol. The lowest BCUT2D eigenvalue weighted by atomic mass is 10.1. The highest BCUT2D eigenvalue weighted by molar-refractivity contribution is 5.79. The summed E-state index contributed by atoms with van der Waals surface area (Å²) in [5.74, 6) is 1.57. The van der Waals surface area contributed by atoms with Crippen LogP contribution >= 0.6 is 0 Å². The van der Waals surface area contributed by atoms with Crippen molar-refractivity contribution in [3.8, 4) is 11.5 Å². The van der Waals surface area contributed by atoms with Crippen LogP contribution < -0.4 is 14.9 Å². The molecule has 0 atom stereocenters. The summed E-state index contributed by atoms with van der Waals surface area (Å²) in [6.45, 7) is 3.94. The van der Waals surface area contributed by atoms with Crippen LogP contribution in [0.4, 0.5) is 0 Å². The number of aromatic amines is 1. The van der Waals surface area contributed by atoms with E-state index in [1.807, 2.05) is 60.4 Å². The van der Waals surface area contributed by atoms with Crippen molar-refractivity contribution in [1.82, 2.24) is 9.88 Å². The molecule has 1 aliphatic heterocycles. The first-order valence-electron chi connectivity index (χ1n) is 10.4. The number of hydrogen-bond donors (Lipinski definition) is 1. The van der Waals surface area contributed by atoms with Crippen LogP contribution in [-0.4, -0.2) is 35.5 Å². The molecule has 2 aromatic carbocycles. The van der Waals surface area contributed by atoms with Gasteiger partial charge in [0, 0.05) is 35.5 Å². The Hall–Kier alpha value is -3.28. The Bertz CT molecular complexity index is 1110. The minimum Gasteiger partial charge on any atom is -0.492 e. The van der Waals surface area contributed by atoms with E-state index in [4.69, 9.17) is 9.47 Å². The molecule has 0 saturated carbocycles. The van der Waals surface area contributed by atoms with Crippen LogP contribution in [0.3, 0.4) is 0 Å². The number of pyridine rings is 1. The summed E-state index contributed by atoms with van der Waals surface area (Å²) in [7, 11) is 0. The Kier molecular flexibility index (Phi) is 6.02. The molecule has 0 bridgehead atoms. The van der Waals surface area contributed by atoms with Crippen molar-refractivity contribution in [2.24, 2.45) is 0 Å². The number of rotatable bonds is 7. The van der Waals surface area contributed by atoms with E-state index in [2.05, 4.69) is 4.98 Å². The number of nitrogens with one attached hydrogen (secondary N) is 1. The van der Waals surface area contributed by atoms with Crippen LogP contribution in [0.5, 0.6) is 11.5 Å². The highest BCUT2D eigenvalue weighted by atomic mass is 16.5. The van der Waals surface area contributed by atoms with Crippen molar-refractivity contribution >= 4 is 16.8 Å². The van der Waals surface area contributed by atoms with Gasteiger partial charge in [0.25, 0.3) is 0 Å². The summed E-state index contributed by atoms with van der Waals surface area (Å²) in [6, 6.07) is 14.9. The van der Waals surface area contributed by atoms with Crippen molar-refractivity contribution in [2.45, 2.75) is 32.8 Å². The van der Waals surface area contributed by atoms with Crippen molar-refractivity contribution in [3.05, 3.63) is 70.0 Å². The fraction of sp³-hybridized carbons (Fsp3) is 0.333. The molecule has 1 N–H and O–H groups in total. The quantitative estimate of drug-likeness (QED) is 0.648. The van der Waals surface area contributed by atoms with Crippen molar-refractivity contribution in [2.75, 3.05) is 19.7 Å². The molecule has 1 aliphatic rings. The lowest BCUT2D eigenvalue weighted by molar-refractivity contribution is -0.133. The summed E-state index contributed by atoms with van der Waals surface area (Å²) >= 11 is 0. The zero-order valence-corrected chi connectivity index (χ0v) is 17.1. The monoisotopic (exact) mass is 406 g/mol. The molecule has 156 valence electrons. The van der Waals surface area contributed by atoms with E-state index >= 15 is 0 Å². The molecule has 3 aromatic rings. The maximum Gasteiger partial charge on any atom is 0.222 e. The molecule has 1 amide bonds. The molecule has 6 heteroatoms. The van der Waals surface area contributed by atoms with Gasteiger partial charge in [0.1, 0.15) is 24.7 Å². The van der Waals surface area contributed by atoms with Gasteiger partial charge in [-0.25, -0.2) is 0 Å². The Labute approximate surface area is 175 Å². The number of H-pyrrole nitrogens is 1. The summed E-state index contributed by atoms with van der Waals surface area (Å²) in [4.78, 5) is 29.6.